The van der Waals surface area contributed by atoms with Crippen LogP contribution in [0.3, 0.4) is 0 Å². The van der Waals surface area contributed by atoms with Gasteiger partial charge in [-0.05, 0) is 87.5 Å². The van der Waals surface area contributed by atoms with Crippen molar-refractivity contribution >= 4 is 5.78 Å². The van der Waals surface area contributed by atoms with Gasteiger partial charge in [-0.15, -0.1) is 0 Å². The number of hydrogen-bond acceptors (Lipinski definition) is 4. The van der Waals surface area contributed by atoms with Crippen molar-refractivity contribution in [2.24, 2.45) is 17.8 Å². The SMILES string of the molecule is O=C(CC1CCC(CCN2CCC(c3cccc4c3CCO4)CC2)CC1)C1CCOC1. The summed E-state index contributed by atoms with van der Waals surface area (Å²) in [5, 5.41) is 0. The number of likely N-dealkylation sites (tertiary alicyclic amines) is 1. The highest BCUT2D eigenvalue weighted by molar-refractivity contribution is 5.81. The van der Waals surface area contributed by atoms with Gasteiger partial charge in [-0.3, -0.25) is 4.79 Å². The number of nitrogens with zero attached hydrogens (tertiary/aromatic N) is 1. The van der Waals surface area contributed by atoms with Crippen LogP contribution >= 0.6 is 0 Å². The van der Waals surface area contributed by atoms with Gasteiger partial charge in [0, 0.05) is 30.9 Å². The average Bonchev–Trinajstić information content (AvgIpc) is 3.51. The predicted molar refractivity (Wildman–Crippen MR) is 123 cm³/mol. The first-order valence-corrected chi connectivity index (χ1v) is 12.8. The van der Waals surface area contributed by atoms with E-state index in [1.54, 1.807) is 5.56 Å². The highest BCUT2D eigenvalue weighted by Crippen LogP contribution is 2.38. The van der Waals surface area contributed by atoms with Crippen molar-refractivity contribution in [2.75, 3.05) is 39.5 Å². The number of rotatable bonds is 7. The number of ether oxygens (including phenoxy) is 2. The molecule has 3 aliphatic heterocycles. The minimum absolute atomic E-state index is 0.199. The van der Waals surface area contributed by atoms with Gasteiger partial charge in [-0.2, -0.15) is 0 Å². The van der Waals surface area contributed by atoms with Crippen LogP contribution in [0.2, 0.25) is 0 Å². The van der Waals surface area contributed by atoms with Crippen molar-refractivity contribution in [1.82, 2.24) is 4.90 Å². The zero-order chi connectivity index (χ0) is 21.0. The van der Waals surface area contributed by atoms with Gasteiger partial charge in [0.25, 0.3) is 0 Å². The van der Waals surface area contributed by atoms with Crippen LogP contribution in [0.1, 0.15) is 74.8 Å². The van der Waals surface area contributed by atoms with Gasteiger partial charge in [0.05, 0.1) is 13.2 Å². The lowest BCUT2D eigenvalue weighted by atomic mass is 9.77. The van der Waals surface area contributed by atoms with Crippen molar-refractivity contribution in [3.8, 4) is 5.75 Å². The summed E-state index contributed by atoms with van der Waals surface area (Å²) in [5.41, 5.74) is 3.04. The third-order valence-electron chi connectivity index (χ3n) is 8.50. The third-order valence-corrected chi connectivity index (χ3v) is 8.50. The second kappa shape index (κ2) is 10.0. The third kappa shape index (κ3) is 5.17. The maximum atomic E-state index is 12.4. The lowest BCUT2D eigenvalue weighted by Gasteiger charge is -2.35. The van der Waals surface area contributed by atoms with Gasteiger partial charge in [0.1, 0.15) is 11.5 Å². The molecule has 4 nitrogen and oxygen atoms in total. The predicted octanol–water partition coefficient (Wildman–Crippen LogP) is 4.99. The smallest absolute Gasteiger partial charge is 0.138 e. The maximum absolute atomic E-state index is 12.4. The van der Waals surface area contributed by atoms with Gasteiger partial charge in [0.15, 0.2) is 0 Å². The van der Waals surface area contributed by atoms with Crippen LogP contribution in [0.4, 0.5) is 0 Å². The Labute approximate surface area is 187 Å². The van der Waals surface area contributed by atoms with Gasteiger partial charge in [0.2, 0.25) is 0 Å². The lowest BCUT2D eigenvalue weighted by Crippen LogP contribution is -2.35. The molecule has 0 aromatic heterocycles. The number of carbonyl (C=O) groups is 1. The molecule has 170 valence electrons. The van der Waals surface area contributed by atoms with Crippen LogP contribution in [0.15, 0.2) is 18.2 Å². The molecule has 1 unspecified atom stereocenters. The molecule has 0 spiro atoms. The van der Waals surface area contributed by atoms with Gasteiger partial charge >= 0.3 is 0 Å². The van der Waals surface area contributed by atoms with Crippen LogP contribution in [0.5, 0.6) is 5.75 Å². The largest absolute Gasteiger partial charge is 0.493 e. The van der Waals surface area contributed by atoms with E-state index >= 15 is 0 Å². The molecule has 1 atom stereocenters. The fourth-order valence-electron chi connectivity index (χ4n) is 6.43. The van der Waals surface area contributed by atoms with Crippen LogP contribution in [-0.2, 0) is 16.0 Å². The molecular weight excluding hydrogens is 386 g/mol. The Bertz CT molecular complexity index is 741. The van der Waals surface area contributed by atoms with E-state index in [4.69, 9.17) is 9.47 Å². The molecule has 1 aromatic carbocycles. The quantitative estimate of drug-likeness (QED) is 0.617. The Morgan fingerprint density at radius 2 is 1.77 bits per heavy atom. The van der Waals surface area contributed by atoms with Gasteiger partial charge in [-0.25, -0.2) is 0 Å². The summed E-state index contributed by atoms with van der Waals surface area (Å²) in [6.45, 7) is 6.05. The minimum Gasteiger partial charge on any atom is -0.493 e. The van der Waals surface area contributed by atoms with Crippen LogP contribution in [0.25, 0.3) is 0 Å². The first kappa shape index (κ1) is 21.5. The summed E-state index contributed by atoms with van der Waals surface area (Å²) in [4.78, 5) is 15.1. The summed E-state index contributed by atoms with van der Waals surface area (Å²) in [7, 11) is 0. The number of fused-ring (bicyclic) bond motifs is 1. The fourth-order valence-corrected chi connectivity index (χ4v) is 6.43. The van der Waals surface area contributed by atoms with Crippen LogP contribution < -0.4 is 4.74 Å². The van der Waals surface area contributed by atoms with E-state index in [1.165, 1.54) is 70.1 Å². The van der Waals surface area contributed by atoms with E-state index in [1.807, 2.05) is 0 Å². The molecule has 3 fully saturated rings. The Kier molecular flexibility index (Phi) is 6.95. The van der Waals surface area contributed by atoms with Gasteiger partial charge in [-0.1, -0.05) is 25.0 Å². The molecule has 1 aliphatic carbocycles. The number of piperidine rings is 1. The van der Waals surface area contributed by atoms with Crippen molar-refractivity contribution in [3.63, 3.8) is 0 Å². The maximum Gasteiger partial charge on any atom is 0.138 e. The highest BCUT2D eigenvalue weighted by Gasteiger charge is 2.29. The number of carbonyl (C=O) groups excluding carboxylic acids is 1. The molecule has 4 aliphatic rings. The first-order chi connectivity index (χ1) is 15.3. The summed E-state index contributed by atoms with van der Waals surface area (Å²) in [5.74, 6) is 4.02. The molecule has 0 amide bonds. The highest BCUT2D eigenvalue weighted by atomic mass is 16.5. The molecule has 1 aromatic rings. The zero-order valence-corrected chi connectivity index (χ0v) is 19.0. The van der Waals surface area contributed by atoms with Gasteiger partial charge < -0.3 is 14.4 Å². The Morgan fingerprint density at radius 3 is 2.55 bits per heavy atom. The molecule has 1 saturated carbocycles. The molecule has 3 heterocycles. The van der Waals surface area contributed by atoms with E-state index in [0.717, 1.165) is 44.1 Å². The van der Waals surface area contributed by atoms with Crippen molar-refractivity contribution in [1.29, 1.82) is 0 Å². The van der Waals surface area contributed by atoms with Crippen molar-refractivity contribution in [2.45, 2.75) is 70.1 Å². The molecule has 2 saturated heterocycles. The van der Waals surface area contributed by atoms with E-state index in [2.05, 4.69) is 23.1 Å². The van der Waals surface area contributed by atoms with Crippen molar-refractivity contribution in [3.05, 3.63) is 29.3 Å². The lowest BCUT2D eigenvalue weighted by molar-refractivity contribution is -0.124. The second-order valence-corrected chi connectivity index (χ2v) is 10.4. The molecule has 31 heavy (non-hydrogen) atoms. The topological polar surface area (TPSA) is 38.8 Å². The molecule has 4 heteroatoms. The van der Waals surface area contributed by atoms with Crippen molar-refractivity contribution < 1.29 is 14.3 Å². The summed E-state index contributed by atoms with van der Waals surface area (Å²) >= 11 is 0. The summed E-state index contributed by atoms with van der Waals surface area (Å²) < 4.78 is 11.2. The Hall–Kier alpha value is -1.39. The van der Waals surface area contributed by atoms with E-state index in [-0.39, 0.29) is 5.92 Å². The normalized spacial score (nSPS) is 29.6. The molecule has 0 radical (unpaired) electrons. The monoisotopic (exact) mass is 425 g/mol. The summed E-state index contributed by atoms with van der Waals surface area (Å²) in [6, 6.07) is 6.66. The fraction of sp³-hybridized carbons (Fsp3) is 0.741. The Morgan fingerprint density at radius 1 is 0.968 bits per heavy atom. The number of hydrogen-bond donors (Lipinski definition) is 0. The number of Topliss-reactive ketones (excluding diaryl/α,β-unsaturated/α-hetero) is 1. The van der Waals surface area contributed by atoms with E-state index in [0.29, 0.717) is 24.2 Å². The van der Waals surface area contributed by atoms with E-state index in [9.17, 15) is 4.79 Å². The molecule has 0 bridgehead atoms. The first-order valence-electron chi connectivity index (χ1n) is 12.8. The van der Waals surface area contributed by atoms with Crippen LogP contribution in [-0.4, -0.2) is 50.1 Å². The minimum atomic E-state index is 0.199. The number of benzene rings is 1. The molecular formula is C27H39NO3. The average molecular weight is 426 g/mol. The van der Waals surface area contributed by atoms with Crippen LogP contribution in [0, 0.1) is 17.8 Å². The summed E-state index contributed by atoms with van der Waals surface area (Å²) in [6.07, 6.45) is 11.9. The molecule has 5 rings (SSSR count). The Balaban J connectivity index is 1.01. The number of ketones is 1. The second-order valence-electron chi connectivity index (χ2n) is 10.4. The standard InChI is InChI=1S/C27H39NO3/c29-26(23-11-16-30-19-23)18-21-6-4-20(5-7-21)8-13-28-14-9-22(10-15-28)24-2-1-3-27-25(24)12-17-31-27/h1-3,20-23H,4-19H2. The zero-order valence-electron chi connectivity index (χ0n) is 19.0. The molecule has 0 N–H and O–H groups in total. The van der Waals surface area contributed by atoms with E-state index < -0.39 is 0 Å².